The fraction of sp³-hybridized carbons (Fsp3) is 0.364. The van der Waals surface area contributed by atoms with Crippen LogP contribution in [-0.2, 0) is 9.59 Å². The number of rotatable bonds is 3. The molecule has 4 unspecified atom stereocenters. The highest BCUT2D eigenvalue weighted by molar-refractivity contribution is 6.04. The van der Waals surface area contributed by atoms with Gasteiger partial charge in [0.1, 0.15) is 0 Å². The molecule has 0 radical (unpaired) electrons. The van der Waals surface area contributed by atoms with E-state index in [1.165, 1.54) is 11.1 Å². The van der Waals surface area contributed by atoms with E-state index >= 15 is 0 Å². The molecule has 2 bridgehead atoms. The third-order valence-electron chi connectivity index (χ3n) is 6.05. The smallest absolute Gasteiger partial charge is 0.307 e. The summed E-state index contributed by atoms with van der Waals surface area (Å²) < 4.78 is 0. The Morgan fingerprint density at radius 3 is 2.31 bits per heavy atom. The molecule has 4 atom stereocenters. The fourth-order valence-electron chi connectivity index (χ4n) is 5.16. The fourth-order valence-corrected chi connectivity index (χ4v) is 5.16. The number of hydrogen-bond acceptors (Lipinski definition) is 2. The Morgan fingerprint density at radius 2 is 1.62 bits per heavy atom. The third-order valence-corrected chi connectivity index (χ3v) is 6.05. The topological polar surface area (TPSA) is 66.4 Å². The molecular weight excluding hydrogens is 326 g/mol. The molecule has 0 spiro atoms. The Balaban J connectivity index is 1.69. The Labute approximate surface area is 152 Å². The Bertz CT molecular complexity index is 921. The van der Waals surface area contributed by atoms with Gasteiger partial charge < -0.3 is 10.4 Å². The van der Waals surface area contributed by atoms with Gasteiger partial charge in [0.05, 0.1) is 11.8 Å². The summed E-state index contributed by atoms with van der Waals surface area (Å²) in [7, 11) is 0. The number of hydrogen-bond donors (Lipinski definition) is 2. The molecule has 26 heavy (non-hydrogen) atoms. The van der Waals surface area contributed by atoms with Crippen molar-refractivity contribution in [3.05, 3.63) is 53.6 Å². The van der Waals surface area contributed by atoms with Gasteiger partial charge in [0, 0.05) is 11.1 Å². The van der Waals surface area contributed by atoms with Crippen LogP contribution >= 0.6 is 0 Å². The van der Waals surface area contributed by atoms with Gasteiger partial charge in [0.25, 0.3) is 0 Å². The third kappa shape index (κ3) is 2.52. The quantitative estimate of drug-likeness (QED) is 0.803. The Kier molecular flexibility index (Phi) is 4.06. The molecule has 2 aliphatic rings. The summed E-state index contributed by atoms with van der Waals surface area (Å²) in [6.45, 7) is 4.06. The van der Waals surface area contributed by atoms with Gasteiger partial charge in [-0.2, -0.15) is 0 Å². The van der Waals surface area contributed by atoms with E-state index in [0.29, 0.717) is 0 Å². The minimum Gasteiger partial charge on any atom is -0.481 e. The SMILES string of the molecule is CC(C)=C1C2CCC1C(C(=O)Nc1cccc3ccccc13)C2C(=O)O. The molecule has 4 heteroatoms. The van der Waals surface area contributed by atoms with Gasteiger partial charge >= 0.3 is 5.97 Å². The van der Waals surface area contributed by atoms with Crippen LogP contribution < -0.4 is 5.32 Å². The number of carbonyl (C=O) groups is 2. The second kappa shape index (κ2) is 6.27. The molecule has 2 fully saturated rings. The van der Waals surface area contributed by atoms with Crippen molar-refractivity contribution in [2.24, 2.45) is 23.7 Å². The highest BCUT2D eigenvalue weighted by Gasteiger charge is 2.57. The lowest BCUT2D eigenvalue weighted by molar-refractivity contribution is -0.148. The first-order chi connectivity index (χ1) is 12.5. The number of amides is 1. The molecular formula is C22H23NO3. The summed E-state index contributed by atoms with van der Waals surface area (Å²) in [5.41, 5.74) is 3.12. The van der Waals surface area contributed by atoms with Crippen LogP contribution in [0.25, 0.3) is 10.8 Å². The molecule has 134 valence electrons. The van der Waals surface area contributed by atoms with Crippen LogP contribution in [0.1, 0.15) is 26.7 Å². The number of benzene rings is 2. The van der Waals surface area contributed by atoms with Crippen LogP contribution in [0.15, 0.2) is 53.6 Å². The van der Waals surface area contributed by atoms with Gasteiger partial charge in [-0.1, -0.05) is 47.5 Å². The molecule has 0 aromatic heterocycles. The number of carboxylic acids is 1. The van der Waals surface area contributed by atoms with Crippen molar-refractivity contribution in [1.29, 1.82) is 0 Å². The first kappa shape index (κ1) is 16.8. The Hall–Kier alpha value is -2.62. The van der Waals surface area contributed by atoms with Gasteiger partial charge in [0.2, 0.25) is 5.91 Å². The number of carboxylic acid groups (broad SMARTS) is 1. The number of anilines is 1. The maximum atomic E-state index is 13.1. The lowest BCUT2D eigenvalue weighted by Crippen LogP contribution is -2.37. The summed E-state index contributed by atoms with van der Waals surface area (Å²) in [5.74, 6) is -2.07. The zero-order valence-corrected chi connectivity index (χ0v) is 15.0. The number of fused-ring (bicyclic) bond motifs is 3. The van der Waals surface area contributed by atoms with E-state index < -0.39 is 17.8 Å². The van der Waals surface area contributed by atoms with Gasteiger partial charge in [-0.25, -0.2) is 0 Å². The Morgan fingerprint density at radius 1 is 0.962 bits per heavy atom. The summed E-state index contributed by atoms with van der Waals surface area (Å²) in [4.78, 5) is 25.1. The largest absolute Gasteiger partial charge is 0.481 e. The second-order valence-electron chi connectivity index (χ2n) is 7.65. The minimum absolute atomic E-state index is 0.00534. The molecule has 0 aliphatic heterocycles. The average Bonchev–Trinajstić information content (AvgIpc) is 3.18. The second-order valence-corrected chi connectivity index (χ2v) is 7.65. The molecule has 4 rings (SSSR count). The van der Waals surface area contributed by atoms with Crippen LogP contribution in [0.2, 0.25) is 0 Å². The highest BCUT2D eigenvalue weighted by atomic mass is 16.4. The zero-order chi connectivity index (χ0) is 18.4. The summed E-state index contributed by atoms with van der Waals surface area (Å²) >= 11 is 0. The first-order valence-electron chi connectivity index (χ1n) is 9.17. The number of allylic oxidation sites excluding steroid dienone is 2. The predicted octanol–water partition coefficient (Wildman–Crippen LogP) is 4.47. The van der Waals surface area contributed by atoms with Crippen molar-refractivity contribution in [3.63, 3.8) is 0 Å². The van der Waals surface area contributed by atoms with Crippen LogP contribution in [0.5, 0.6) is 0 Å². The van der Waals surface area contributed by atoms with E-state index in [-0.39, 0.29) is 17.7 Å². The maximum absolute atomic E-state index is 13.1. The molecule has 2 aromatic rings. The zero-order valence-electron chi connectivity index (χ0n) is 15.0. The highest BCUT2D eigenvalue weighted by Crippen LogP contribution is 2.57. The van der Waals surface area contributed by atoms with E-state index in [1.54, 1.807) is 0 Å². The van der Waals surface area contributed by atoms with Crippen molar-refractivity contribution in [1.82, 2.24) is 0 Å². The summed E-state index contributed by atoms with van der Waals surface area (Å²) in [6.07, 6.45) is 1.78. The van der Waals surface area contributed by atoms with Crippen LogP contribution in [0.4, 0.5) is 5.69 Å². The molecule has 2 aromatic carbocycles. The standard InChI is InChI=1S/C22H23NO3/c1-12(2)18-15-10-11-16(18)20(22(25)26)19(15)21(24)23-17-9-5-7-13-6-3-4-8-14(13)17/h3-9,15-16,19-20H,10-11H2,1-2H3,(H,23,24)(H,25,26). The van der Waals surface area contributed by atoms with Gasteiger partial charge in [-0.05, 0) is 50.0 Å². The van der Waals surface area contributed by atoms with E-state index in [9.17, 15) is 14.7 Å². The molecule has 0 heterocycles. The van der Waals surface area contributed by atoms with E-state index in [1.807, 2.05) is 56.3 Å². The molecule has 2 aliphatic carbocycles. The maximum Gasteiger partial charge on any atom is 0.307 e. The first-order valence-corrected chi connectivity index (χ1v) is 9.17. The van der Waals surface area contributed by atoms with Gasteiger partial charge in [-0.3, -0.25) is 9.59 Å². The molecule has 4 nitrogen and oxygen atoms in total. The van der Waals surface area contributed by atoms with Crippen molar-refractivity contribution in [2.75, 3.05) is 5.32 Å². The van der Waals surface area contributed by atoms with Crippen molar-refractivity contribution in [2.45, 2.75) is 26.7 Å². The molecule has 1 amide bonds. The number of carbonyl (C=O) groups excluding carboxylic acids is 1. The monoisotopic (exact) mass is 349 g/mol. The van der Waals surface area contributed by atoms with E-state index in [4.69, 9.17) is 0 Å². The normalized spacial score (nSPS) is 26.9. The van der Waals surface area contributed by atoms with Crippen molar-refractivity contribution >= 4 is 28.3 Å². The molecule has 2 N–H and O–H groups in total. The lowest BCUT2D eigenvalue weighted by atomic mass is 9.78. The van der Waals surface area contributed by atoms with Crippen LogP contribution in [0.3, 0.4) is 0 Å². The van der Waals surface area contributed by atoms with Crippen molar-refractivity contribution in [3.8, 4) is 0 Å². The number of aliphatic carboxylic acids is 1. The molecule has 0 saturated heterocycles. The van der Waals surface area contributed by atoms with Crippen LogP contribution in [0, 0.1) is 23.7 Å². The molecule has 2 saturated carbocycles. The summed E-state index contributed by atoms with van der Waals surface area (Å²) in [6, 6.07) is 13.7. The summed E-state index contributed by atoms with van der Waals surface area (Å²) in [5, 5.41) is 14.8. The lowest BCUT2D eigenvalue weighted by Gasteiger charge is -2.26. The minimum atomic E-state index is -0.853. The predicted molar refractivity (Wildman–Crippen MR) is 102 cm³/mol. The van der Waals surface area contributed by atoms with E-state index in [2.05, 4.69) is 5.32 Å². The van der Waals surface area contributed by atoms with Gasteiger partial charge in [-0.15, -0.1) is 0 Å². The van der Waals surface area contributed by atoms with E-state index in [0.717, 1.165) is 29.3 Å². The van der Waals surface area contributed by atoms with Crippen molar-refractivity contribution < 1.29 is 14.7 Å². The van der Waals surface area contributed by atoms with Crippen LogP contribution in [-0.4, -0.2) is 17.0 Å². The number of nitrogens with one attached hydrogen (secondary N) is 1. The van der Waals surface area contributed by atoms with Gasteiger partial charge in [0.15, 0.2) is 0 Å². The average molecular weight is 349 g/mol.